The lowest BCUT2D eigenvalue weighted by atomic mass is 9.93. The topological polar surface area (TPSA) is 260 Å². The van der Waals surface area contributed by atoms with Gasteiger partial charge in [-0.3, -0.25) is 19.2 Å². The Morgan fingerprint density at radius 1 is 0.597 bits per heavy atom. The van der Waals surface area contributed by atoms with Gasteiger partial charge >= 0.3 is 7.12 Å². The Bertz CT molecular complexity index is 3360. The Morgan fingerprint density at radius 3 is 1.33 bits per heavy atom. The smallest absolute Gasteiger partial charge is 0.524 e. The first-order chi connectivity index (χ1) is 35.0. The number of nitrogens with zero attached hydrogens (tertiary/aromatic N) is 12. The lowest BCUT2D eigenvalue weighted by Gasteiger charge is -2.28. The normalized spacial score (nSPS) is 13.7. The number of hydrogen-bond donors (Lipinski definition) is 2. The molecule has 72 heavy (non-hydrogen) atoms. The summed E-state index contributed by atoms with van der Waals surface area (Å²) in [7, 11) is -1.17. The van der Waals surface area contributed by atoms with Crippen LogP contribution in [0.2, 0.25) is 6.82 Å². The number of aromatic nitrogens is 10. The quantitative estimate of drug-likeness (QED) is 0.0585. The number of carbonyl (C=O) groups is 4. The van der Waals surface area contributed by atoms with Crippen LogP contribution in [0.4, 0.5) is 0 Å². The minimum absolute atomic E-state index is 0.0128. The van der Waals surface area contributed by atoms with Crippen molar-refractivity contribution in [3.05, 3.63) is 143 Å². The minimum atomic E-state index is -1.17. The van der Waals surface area contributed by atoms with Gasteiger partial charge in [0.2, 0.25) is 0 Å². The van der Waals surface area contributed by atoms with Crippen molar-refractivity contribution < 1.29 is 28.5 Å². The number of likely N-dealkylation sites (tertiary alicyclic amines) is 2. The number of hydrogen-bond acceptors (Lipinski definition) is 14. The van der Waals surface area contributed by atoms with Gasteiger partial charge in [0.05, 0.1) is 68.6 Å². The fourth-order valence-electron chi connectivity index (χ4n) is 9.25. The molecule has 2 N–H and O–H groups in total. The SMILES string of the molecule is CB(Oc1cnc(-n2cnc(C)n2)c2[nH]cc(C(=O)C(=O)N3CCC(=C(C#N)c4ccccc4)CC3)c12)Oc1cnc(-n2cnc(C)n2)c2[nH]cc(C(=O)C(=O)N3CCC(=C(C#N)c4ccccc4)CC3)c12. The monoisotopic (exact) mass is 958 g/mol. The van der Waals surface area contributed by atoms with Gasteiger partial charge in [-0.05, 0) is 68.6 Å². The van der Waals surface area contributed by atoms with Gasteiger partial charge in [0.25, 0.3) is 23.4 Å². The number of fused-ring (bicyclic) bond motifs is 2. The van der Waals surface area contributed by atoms with Gasteiger partial charge in [0.15, 0.2) is 11.6 Å². The highest BCUT2D eigenvalue weighted by atomic mass is 16.6. The number of Topliss-reactive ketones (excluding diaryl/α,β-unsaturated/α-hetero) is 2. The van der Waals surface area contributed by atoms with Gasteiger partial charge in [0.1, 0.15) is 35.8 Å². The molecule has 0 atom stereocenters. The van der Waals surface area contributed by atoms with E-state index in [9.17, 15) is 29.7 Å². The highest BCUT2D eigenvalue weighted by molar-refractivity contribution is 6.47. The average molecular weight is 959 g/mol. The molecule has 0 spiro atoms. The lowest BCUT2D eigenvalue weighted by Crippen LogP contribution is -2.40. The molecule has 8 aromatic rings. The molecule has 0 bridgehead atoms. The van der Waals surface area contributed by atoms with Crippen LogP contribution in [0.3, 0.4) is 0 Å². The van der Waals surface area contributed by atoms with Crippen molar-refractivity contribution in [2.75, 3.05) is 26.2 Å². The lowest BCUT2D eigenvalue weighted by molar-refractivity contribution is -0.127. The van der Waals surface area contributed by atoms with E-state index >= 15 is 0 Å². The first-order valence-corrected chi connectivity index (χ1v) is 23.1. The maximum absolute atomic E-state index is 14.3. The number of H-pyrrole nitrogens is 2. The number of allylic oxidation sites excluding steroid dienone is 2. The minimum Gasteiger partial charge on any atom is -0.524 e. The Balaban J connectivity index is 0.940. The molecular weight excluding hydrogens is 915 g/mol. The number of nitrogens with one attached hydrogen (secondary N) is 2. The van der Waals surface area contributed by atoms with Crippen molar-refractivity contribution in [3.63, 3.8) is 0 Å². The molecule has 356 valence electrons. The fraction of sp³-hybridized carbons (Fsp3) is 0.216. The molecule has 8 heterocycles. The largest absolute Gasteiger partial charge is 0.591 e. The Hall–Kier alpha value is -9.50. The second-order valence-electron chi connectivity index (χ2n) is 17.2. The van der Waals surface area contributed by atoms with E-state index in [0.717, 1.165) is 22.3 Å². The summed E-state index contributed by atoms with van der Waals surface area (Å²) in [5.74, 6) is -1.39. The Labute approximate surface area is 411 Å². The summed E-state index contributed by atoms with van der Waals surface area (Å²) in [6, 6.07) is 23.4. The molecule has 0 aliphatic carbocycles. The number of piperidine rings is 2. The van der Waals surface area contributed by atoms with Crippen LogP contribution in [-0.2, 0) is 9.59 Å². The number of aryl methyl sites for hydroxylation is 2. The molecule has 0 radical (unpaired) electrons. The summed E-state index contributed by atoms with van der Waals surface area (Å²) in [4.78, 5) is 83.6. The molecule has 2 fully saturated rings. The molecule has 2 amide bonds. The van der Waals surface area contributed by atoms with Crippen molar-refractivity contribution in [3.8, 4) is 35.3 Å². The van der Waals surface area contributed by atoms with Gasteiger partial charge in [-0.25, -0.2) is 29.3 Å². The number of aromatic amines is 2. The molecule has 2 aliphatic rings. The molecule has 0 unspecified atom stereocenters. The zero-order valence-electron chi connectivity index (χ0n) is 39.3. The van der Waals surface area contributed by atoms with Gasteiger partial charge in [-0.2, -0.15) is 20.7 Å². The van der Waals surface area contributed by atoms with Crippen LogP contribution >= 0.6 is 0 Å². The van der Waals surface area contributed by atoms with Crippen molar-refractivity contribution >= 4 is 63.5 Å². The van der Waals surface area contributed by atoms with Crippen molar-refractivity contribution in [1.29, 1.82) is 10.5 Å². The fourth-order valence-corrected chi connectivity index (χ4v) is 9.25. The Kier molecular flexibility index (Phi) is 12.5. The van der Waals surface area contributed by atoms with Crippen LogP contribution in [0, 0.1) is 36.5 Å². The number of amides is 2. The van der Waals surface area contributed by atoms with Gasteiger partial charge in [-0.15, -0.1) is 0 Å². The summed E-state index contributed by atoms with van der Waals surface area (Å²) in [6.07, 6.45) is 10.3. The summed E-state index contributed by atoms with van der Waals surface area (Å²) in [5, 5.41) is 29.3. The predicted octanol–water partition coefficient (Wildman–Crippen LogP) is 6.36. The predicted molar refractivity (Wildman–Crippen MR) is 263 cm³/mol. The van der Waals surface area contributed by atoms with Crippen molar-refractivity contribution in [2.45, 2.75) is 46.4 Å². The van der Waals surface area contributed by atoms with E-state index in [1.807, 2.05) is 60.7 Å². The maximum Gasteiger partial charge on any atom is 0.591 e. The molecule has 0 saturated carbocycles. The molecule has 2 aliphatic heterocycles. The van der Waals surface area contributed by atoms with Crippen LogP contribution in [0.15, 0.2) is 109 Å². The van der Waals surface area contributed by atoms with Crippen LogP contribution in [0.5, 0.6) is 11.5 Å². The van der Waals surface area contributed by atoms with E-state index in [0.29, 0.717) is 59.5 Å². The number of rotatable bonds is 12. The van der Waals surface area contributed by atoms with Crippen molar-refractivity contribution in [1.82, 2.24) is 59.3 Å². The Morgan fingerprint density at radius 2 is 0.986 bits per heavy atom. The molecular formula is C51H43BN14O6. The average Bonchev–Trinajstić information content (AvgIpc) is 4.25. The van der Waals surface area contributed by atoms with E-state index in [1.165, 1.54) is 56.6 Å². The zero-order chi connectivity index (χ0) is 50.0. The standard InChI is InChI=1S/C51H43BN14O6/c1-30-59-28-65(61-30)48-44-42(38(24-55-44)46(67)50(69)63-18-14-34(15-19-63)36(22-53)32-10-6-4-7-11-32)40(26-57-48)71-52(3)72-41-27-58-49(66-29-60-31(2)62-66)45-43(41)39(25-56-45)47(68)51(70)64-20-16-35(17-21-64)37(23-54)33-12-8-5-9-13-33/h4-13,24-29,55-56H,14-21H2,1-3H3. The summed E-state index contributed by atoms with van der Waals surface area (Å²) in [5.41, 5.74) is 5.24. The zero-order valence-corrected chi connectivity index (χ0v) is 39.3. The molecule has 21 heteroatoms. The third kappa shape index (κ3) is 8.75. The van der Waals surface area contributed by atoms with E-state index < -0.39 is 30.5 Å². The third-order valence-corrected chi connectivity index (χ3v) is 12.8. The van der Waals surface area contributed by atoms with Crippen LogP contribution in [-0.4, -0.2) is 116 Å². The van der Waals surface area contributed by atoms with Crippen LogP contribution in [0.25, 0.3) is 44.6 Å². The highest BCUT2D eigenvalue weighted by Gasteiger charge is 2.34. The highest BCUT2D eigenvalue weighted by Crippen LogP contribution is 2.36. The van der Waals surface area contributed by atoms with Gasteiger partial charge in [0, 0.05) is 38.6 Å². The van der Waals surface area contributed by atoms with E-state index in [1.54, 1.807) is 20.7 Å². The van der Waals surface area contributed by atoms with E-state index in [-0.39, 0.29) is 71.2 Å². The summed E-state index contributed by atoms with van der Waals surface area (Å²) < 4.78 is 15.7. The number of carbonyl (C=O) groups excluding carboxylic acids is 4. The molecule has 2 aromatic carbocycles. The summed E-state index contributed by atoms with van der Waals surface area (Å²) in [6.45, 7) is 5.97. The third-order valence-electron chi connectivity index (χ3n) is 12.8. The maximum atomic E-state index is 14.3. The first kappa shape index (κ1) is 46.2. The van der Waals surface area contributed by atoms with Crippen LogP contribution < -0.4 is 9.31 Å². The van der Waals surface area contributed by atoms with E-state index in [2.05, 4.69) is 52.2 Å². The number of ketones is 2. The molecule has 10 rings (SSSR count). The molecule has 20 nitrogen and oxygen atoms in total. The van der Waals surface area contributed by atoms with Gasteiger partial charge in [-0.1, -0.05) is 60.7 Å². The molecule has 6 aromatic heterocycles. The number of pyridine rings is 2. The molecule has 2 saturated heterocycles. The number of benzene rings is 2. The van der Waals surface area contributed by atoms with E-state index in [4.69, 9.17) is 9.31 Å². The van der Waals surface area contributed by atoms with Crippen molar-refractivity contribution in [2.24, 2.45) is 0 Å². The second-order valence-corrected chi connectivity index (χ2v) is 17.2. The first-order valence-electron chi connectivity index (χ1n) is 23.1. The summed E-state index contributed by atoms with van der Waals surface area (Å²) >= 11 is 0. The second kappa shape index (κ2) is 19.5. The van der Waals surface area contributed by atoms with Gasteiger partial charge < -0.3 is 29.1 Å². The van der Waals surface area contributed by atoms with Crippen LogP contribution in [0.1, 0.15) is 69.2 Å². The number of nitriles is 2.